The SMILES string of the molecule is CC1(CO)C(O)CCC2(C)C(CC(=O)NCc3ccccc3)c3nc(NC(=O)COc4ccccc4)sc3CC12. The van der Waals surface area contributed by atoms with Crippen LogP contribution in [-0.4, -0.2) is 46.3 Å². The van der Waals surface area contributed by atoms with Crippen molar-refractivity contribution in [3.05, 3.63) is 76.8 Å². The summed E-state index contributed by atoms with van der Waals surface area (Å²) in [6, 6.07) is 18.9. The normalized spacial score (nSPS) is 27.2. The topological polar surface area (TPSA) is 121 Å². The minimum atomic E-state index is -0.708. The summed E-state index contributed by atoms with van der Waals surface area (Å²) >= 11 is 1.40. The number of carbonyl (C=O) groups excluding carboxylic acids is 2. The van der Waals surface area contributed by atoms with Crippen LogP contribution in [0, 0.1) is 16.7 Å². The Hall–Kier alpha value is -3.27. The van der Waals surface area contributed by atoms with E-state index in [0.717, 1.165) is 16.1 Å². The van der Waals surface area contributed by atoms with E-state index in [0.29, 0.717) is 36.7 Å². The van der Waals surface area contributed by atoms with E-state index < -0.39 is 11.5 Å². The maximum atomic E-state index is 13.3. The van der Waals surface area contributed by atoms with E-state index in [-0.39, 0.29) is 48.7 Å². The molecular formula is C31H37N3O5S. The lowest BCUT2D eigenvalue weighted by Crippen LogP contribution is -2.57. The molecule has 5 rings (SSSR count). The van der Waals surface area contributed by atoms with Crippen molar-refractivity contribution >= 4 is 28.3 Å². The molecule has 5 unspecified atom stereocenters. The first-order valence-corrected chi connectivity index (χ1v) is 14.6. The highest BCUT2D eigenvalue weighted by Gasteiger charge is 2.59. The summed E-state index contributed by atoms with van der Waals surface area (Å²) in [6.07, 6.45) is 1.49. The van der Waals surface area contributed by atoms with Crippen LogP contribution >= 0.6 is 11.3 Å². The molecule has 1 heterocycles. The Morgan fingerprint density at radius 2 is 1.77 bits per heavy atom. The molecule has 2 aliphatic carbocycles. The summed E-state index contributed by atoms with van der Waals surface area (Å²) in [5.41, 5.74) is 0.781. The number of nitrogens with zero attached hydrogens (tertiary/aromatic N) is 1. The number of aliphatic hydroxyl groups is 2. The van der Waals surface area contributed by atoms with Gasteiger partial charge >= 0.3 is 0 Å². The number of thiazole rings is 1. The van der Waals surface area contributed by atoms with Crippen LogP contribution in [0.5, 0.6) is 5.75 Å². The van der Waals surface area contributed by atoms with E-state index in [1.165, 1.54) is 11.3 Å². The van der Waals surface area contributed by atoms with E-state index in [9.17, 15) is 19.8 Å². The number of amides is 2. The van der Waals surface area contributed by atoms with Gasteiger partial charge in [0.25, 0.3) is 5.91 Å². The minimum Gasteiger partial charge on any atom is -0.484 e. The van der Waals surface area contributed by atoms with Gasteiger partial charge in [-0.1, -0.05) is 62.4 Å². The van der Waals surface area contributed by atoms with Crippen LogP contribution in [0.2, 0.25) is 0 Å². The summed E-state index contributed by atoms with van der Waals surface area (Å²) in [5, 5.41) is 27.8. The minimum absolute atomic E-state index is 0.0569. The van der Waals surface area contributed by atoms with E-state index in [1.807, 2.05) is 55.5 Å². The van der Waals surface area contributed by atoms with Gasteiger partial charge in [0.05, 0.1) is 18.4 Å². The van der Waals surface area contributed by atoms with Gasteiger partial charge < -0.3 is 20.3 Å². The summed E-state index contributed by atoms with van der Waals surface area (Å²) < 4.78 is 5.58. The molecule has 40 heavy (non-hydrogen) atoms. The Kier molecular flexibility index (Phi) is 8.26. The number of para-hydroxylation sites is 1. The van der Waals surface area contributed by atoms with Crippen LogP contribution in [-0.2, 0) is 22.6 Å². The fourth-order valence-corrected chi connectivity index (χ4v) is 7.66. The van der Waals surface area contributed by atoms with Crippen LogP contribution in [0.3, 0.4) is 0 Å². The molecule has 1 aromatic heterocycles. The summed E-state index contributed by atoms with van der Waals surface area (Å²) in [5.74, 6) is -0.0623. The lowest BCUT2D eigenvalue weighted by atomic mass is 9.47. The molecule has 3 aromatic rings. The number of hydrogen-bond donors (Lipinski definition) is 4. The largest absolute Gasteiger partial charge is 0.484 e. The molecule has 2 aliphatic rings. The number of aromatic nitrogens is 1. The van der Waals surface area contributed by atoms with Crippen molar-refractivity contribution in [2.24, 2.45) is 16.7 Å². The van der Waals surface area contributed by atoms with E-state index in [4.69, 9.17) is 9.72 Å². The van der Waals surface area contributed by atoms with Gasteiger partial charge in [0, 0.05) is 29.2 Å². The second kappa shape index (κ2) is 11.7. The molecule has 4 N–H and O–H groups in total. The van der Waals surface area contributed by atoms with E-state index in [1.54, 1.807) is 12.1 Å². The Balaban J connectivity index is 1.38. The second-order valence-electron chi connectivity index (χ2n) is 11.5. The van der Waals surface area contributed by atoms with Gasteiger partial charge in [0.15, 0.2) is 11.7 Å². The number of hydrogen-bond acceptors (Lipinski definition) is 7. The third-order valence-electron chi connectivity index (χ3n) is 8.98. The summed E-state index contributed by atoms with van der Waals surface area (Å²) in [6.45, 7) is 4.26. The quantitative estimate of drug-likeness (QED) is 0.308. The average Bonchev–Trinajstić information content (AvgIpc) is 3.37. The molecule has 1 fully saturated rings. The lowest BCUT2D eigenvalue weighted by Gasteiger charge is -2.58. The molecule has 2 aromatic carbocycles. The molecule has 9 heteroatoms. The first kappa shape index (κ1) is 28.3. The molecule has 0 spiro atoms. The second-order valence-corrected chi connectivity index (χ2v) is 12.6. The molecule has 0 radical (unpaired) electrons. The predicted molar refractivity (Wildman–Crippen MR) is 154 cm³/mol. The lowest BCUT2D eigenvalue weighted by molar-refractivity contribution is -0.144. The number of carbonyl (C=O) groups is 2. The molecule has 2 amide bonds. The zero-order chi connectivity index (χ0) is 28.3. The predicted octanol–water partition coefficient (Wildman–Crippen LogP) is 4.28. The van der Waals surface area contributed by atoms with Gasteiger partial charge in [-0.3, -0.25) is 14.9 Å². The van der Waals surface area contributed by atoms with Gasteiger partial charge in [-0.25, -0.2) is 4.98 Å². The smallest absolute Gasteiger partial charge is 0.264 e. The van der Waals surface area contributed by atoms with Crippen molar-refractivity contribution in [3.63, 3.8) is 0 Å². The van der Waals surface area contributed by atoms with Gasteiger partial charge in [0.1, 0.15) is 5.75 Å². The number of fused-ring (bicyclic) bond motifs is 2. The third-order valence-corrected chi connectivity index (χ3v) is 9.98. The fraction of sp³-hybridized carbons (Fsp3) is 0.452. The first-order valence-electron chi connectivity index (χ1n) is 13.8. The van der Waals surface area contributed by atoms with Crippen LogP contribution in [0.25, 0.3) is 0 Å². The first-order chi connectivity index (χ1) is 19.2. The number of ether oxygens (including phenoxy) is 1. The number of rotatable bonds is 9. The van der Waals surface area contributed by atoms with Crippen molar-refractivity contribution in [2.45, 2.75) is 58.1 Å². The van der Waals surface area contributed by atoms with Crippen molar-refractivity contribution in [1.29, 1.82) is 0 Å². The van der Waals surface area contributed by atoms with E-state index in [2.05, 4.69) is 17.6 Å². The van der Waals surface area contributed by atoms with Crippen molar-refractivity contribution in [1.82, 2.24) is 10.3 Å². The number of anilines is 1. The Bertz CT molecular complexity index is 1330. The van der Waals surface area contributed by atoms with Gasteiger partial charge in [0.2, 0.25) is 5.91 Å². The van der Waals surface area contributed by atoms with Crippen LogP contribution in [0.1, 0.15) is 55.2 Å². The van der Waals surface area contributed by atoms with Gasteiger partial charge in [-0.05, 0) is 48.3 Å². The van der Waals surface area contributed by atoms with Gasteiger partial charge in [-0.15, -0.1) is 11.3 Å². The highest BCUT2D eigenvalue weighted by molar-refractivity contribution is 7.15. The zero-order valence-electron chi connectivity index (χ0n) is 22.9. The van der Waals surface area contributed by atoms with Crippen LogP contribution in [0.15, 0.2) is 60.7 Å². The molecular weight excluding hydrogens is 526 g/mol. The van der Waals surface area contributed by atoms with Crippen molar-refractivity contribution in [2.75, 3.05) is 18.5 Å². The molecule has 0 bridgehead atoms. The maximum Gasteiger partial charge on any atom is 0.264 e. The standard InChI is InChI=1S/C31H37N3O5S/c1-30-14-13-25(36)31(2,19-35)24(30)16-23-28(22(30)15-26(37)32-17-20-9-5-3-6-10-20)34-29(40-23)33-27(38)18-39-21-11-7-4-8-12-21/h3-12,22,24-25,35-36H,13-19H2,1-2H3,(H,32,37)(H,33,34,38). The van der Waals surface area contributed by atoms with Crippen LogP contribution < -0.4 is 15.4 Å². The number of benzene rings is 2. The molecule has 1 saturated carbocycles. The average molecular weight is 564 g/mol. The van der Waals surface area contributed by atoms with E-state index >= 15 is 0 Å². The number of aliphatic hydroxyl groups excluding tert-OH is 2. The molecule has 5 atom stereocenters. The fourth-order valence-electron chi connectivity index (χ4n) is 6.57. The monoisotopic (exact) mass is 563 g/mol. The molecule has 8 nitrogen and oxygen atoms in total. The Morgan fingerprint density at radius 3 is 2.48 bits per heavy atom. The Morgan fingerprint density at radius 1 is 1.07 bits per heavy atom. The summed E-state index contributed by atoms with van der Waals surface area (Å²) in [7, 11) is 0. The highest BCUT2D eigenvalue weighted by atomic mass is 32.1. The molecule has 0 saturated heterocycles. The molecule has 0 aliphatic heterocycles. The van der Waals surface area contributed by atoms with Crippen molar-refractivity contribution in [3.8, 4) is 5.75 Å². The third kappa shape index (κ3) is 5.64. The highest BCUT2D eigenvalue weighted by Crippen LogP contribution is 2.62. The van der Waals surface area contributed by atoms with Gasteiger partial charge in [-0.2, -0.15) is 0 Å². The zero-order valence-corrected chi connectivity index (χ0v) is 23.7. The van der Waals surface area contributed by atoms with Crippen LogP contribution in [0.4, 0.5) is 5.13 Å². The Labute approximate surface area is 238 Å². The maximum absolute atomic E-state index is 13.3. The summed E-state index contributed by atoms with van der Waals surface area (Å²) in [4.78, 5) is 31.8. The molecule has 212 valence electrons. The number of nitrogens with one attached hydrogen (secondary N) is 2. The van der Waals surface area contributed by atoms with Crippen molar-refractivity contribution < 1.29 is 24.5 Å².